The van der Waals surface area contributed by atoms with Crippen molar-refractivity contribution in [2.75, 3.05) is 18.9 Å². The van der Waals surface area contributed by atoms with Crippen LogP contribution in [0.4, 0.5) is 5.82 Å². The minimum atomic E-state index is -0.344. The largest absolute Gasteiger partial charge is 0.372 e. The summed E-state index contributed by atoms with van der Waals surface area (Å²) in [6.45, 7) is 4.31. The lowest BCUT2D eigenvalue weighted by atomic mass is 10.1. The van der Waals surface area contributed by atoms with Gasteiger partial charge in [-0.05, 0) is 38.3 Å². The third kappa shape index (κ3) is 2.89. The number of carbonyl (C=O) groups is 1. The molecule has 2 aromatic heterocycles. The van der Waals surface area contributed by atoms with Gasteiger partial charge in [-0.3, -0.25) is 14.6 Å². The average molecular weight is 327 g/mol. The van der Waals surface area contributed by atoms with Crippen LogP contribution in [-0.4, -0.2) is 39.4 Å². The molecule has 3 heterocycles. The van der Waals surface area contributed by atoms with Gasteiger partial charge >= 0.3 is 0 Å². The molecular weight excluding hydrogens is 306 g/mol. The van der Waals surface area contributed by atoms with Gasteiger partial charge in [0.05, 0.1) is 24.1 Å². The second-order valence-electron chi connectivity index (χ2n) is 6.06. The smallest absolute Gasteiger partial charge is 0.261 e. The summed E-state index contributed by atoms with van der Waals surface area (Å²) in [4.78, 5) is 38.3. The Morgan fingerprint density at radius 1 is 1.38 bits per heavy atom. The number of likely N-dealkylation sites (tertiary alicyclic amines) is 1. The highest BCUT2D eigenvalue weighted by atomic mass is 16.2. The molecule has 1 fully saturated rings. The van der Waals surface area contributed by atoms with Crippen LogP contribution in [-0.2, 0) is 0 Å². The lowest BCUT2D eigenvalue weighted by Gasteiger charge is -2.24. The highest BCUT2D eigenvalue weighted by Gasteiger charge is 2.33. The maximum absolute atomic E-state index is 12.9. The van der Waals surface area contributed by atoms with Crippen molar-refractivity contribution >= 4 is 11.7 Å². The molecule has 24 heavy (non-hydrogen) atoms. The first-order chi connectivity index (χ1) is 11.5. The molecule has 0 bridgehead atoms. The van der Waals surface area contributed by atoms with Crippen LogP contribution in [0.1, 0.15) is 46.2 Å². The molecule has 2 aromatic rings. The van der Waals surface area contributed by atoms with Crippen molar-refractivity contribution in [3.63, 3.8) is 0 Å². The predicted octanol–water partition coefficient (Wildman–Crippen LogP) is 1.80. The van der Waals surface area contributed by atoms with Gasteiger partial charge in [-0.2, -0.15) is 0 Å². The third-order valence-electron chi connectivity index (χ3n) is 4.49. The number of rotatable bonds is 3. The van der Waals surface area contributed by atoms with Crippen LogP contribution in [0.25, 0.3) is 0 Å². The number of hydrogen-bond acceptors (Lipinski definition) is 5. The Morgan fingerprint density at radius 2 is 2.17 bits per heavy atom. The van der Waals surface area contributed by atoms with Crippen molar-refractivity contribution in [2.24, 2.45) is 0 Å². The van der Waals surface area contributed by atoms with E-state index in [2.05, 4.69) is 20.3 Å². The molecule has 126 valence electrons. The van der Waals surface area contributed by atoms with Crippen LogP contribution < -0.4 is 10.9 Å². The Balaban J connectivity index is 1.94. The molecule has 0 aliphatic carbocycles. The molecule has 7 nitrogen and oxygen atoms in total. The van der Waals surface area contributed by atoms with Gasteiger partial charge in [0.2, 0.25) is 0 Å². The van der Waals surface area contributed by atoms with Crippen LogP contribution in [0.3, 0.4) is 0 Å². The fourth-order valence-corrected chi connectivity index (χ4v) is 3.02. The molecule has 1 saturated heterocycles. The zero-order chi connectivity index (χ0) is 17.3. The van der Waals surface area contributed by atoms with Crippen molar-refractivity contribution in [2.45, 2.75) is 32.7 Å². The molecule has 1 aliphatic rings. The van der Waals surface area contributed by atoms with E-state index in [1.807, 2.05) is 13.8 Å². The number of aryl methyl sites for hydroxylation is 2. The van der Waals surface area contributed by atoms with E-state index in [4.69, 9.17) is 0 Å². The van der Waals surface area contributed by atoms with E-state index >= 15 is 0 Å². The van der Waals surface area contributed by atoms with Gasteiger partial charge < -0.3 is 15.2 Å². The van der Waals surface area contributed by atoms with E-state index in [0.29, 0.717) is 12.4 Å². The summed E-state index contributed by atoms with van der Waals surface area (Å²) < 4.78 is 0. The number of nitrogens with one attached hydrogen (secondary N) is 2. The van der Waals surface area contributed by atoms with Crippen molar-refractivity contribution < 1.29 is 4.79 Å². The maximum atomic E-state index is 12.9. The zero-order valence-corrected chi connectivity index (χ0v) is 14.1. The van der Waals surface area contributed by atoms with E-state index in [1.165, 1.54) is 0 Å². The van der Waals surface area contributed by atoms with Crippen molar-refractivity contribution in [3.05, 3.63) is 51.3 Å². The third-order valence-corrected chi connectivity index (χ3v) is 4.49. The summed E-state index contributed by atoms with van der Waals surface area (Å²) in [7, 11) is 1.78. The topological polar surface area (TPSA) is 91.0 Å². The van der Waals surface area contributed by atoms with Gasteiger partial charge in [0.1, 0.15) is 11.4 Å². The summed E-state index contributed by atoms with van der Waals surface area (Å²) in [5.41, 5.74) is 2.26. The standard InChI is InChI=1S/C17H21N5O2/c1-10-7-12(16(23)20-11(10)2)17(24)22-6-4-5-14(22)13-8-19-9-15(18-3)21-13/h7-9,14H,4-6H2,1-3H3,(H,18,21)(H,20,23). The molecule has 0 spiro atoms. The zero-order valence-electron chi connectivity index (χ0n) is 14.1. The lowest BCUT2D eigenvalue weighted by Crippen LogP contribution is -2.35. The Labute approximate surface area is 140 Å². The number of H-pyrrole nitrogens is 1. The molecule has 0 saturated carbocycles. The molecule has 1 unspecified atom stereocenters. The average Bonchev–Trinajstić information content (AvgIpc) is 3.07. The van der Waals surface area contributed by atoms with Gasteiger partial charge in [-0.15, -0.1) is 0 Å². The number of nitrogens with zero attached hydrogens (tertiary/aromatic N) is 3. The number of pyridine rings is 1. The Hall–Kier alpha value is -2.70. The second-order valence-corrected chi connectivity index (χ2v) is 6.06. The minimum Gasteiger partial charge on any atom is -0.372 e. The fraction of sp³-hybridized carbons (Fsp3) is 0.412. The van der Waals surface area contributed by atoms with Crippen molar-refractivity contribution in [1.82, 2.24) is 19.9 Å². The van der Waals surface area contributed by atoms with Gasteiger partial charge in [-0.1, -0.05) is 0 Å². The summed E-state index contributed by atoms with van der Waals surface area (Å²) in [6, 6.07) is 1.51. The van der Waals surface area contributed by atoms with E-state index in [9.17, 15) is 9.59 Å². The summed E-state index contributed by atoms with van der Waals surface area (Å²) in [6.07, 6.45) is 5.02. The normalized spacial score (nSPS) is 17.1. The number of carbonyl (C=O) groups excluding carboxylic acids is 1. The monoisotopic (exact) mass is 327 g/mol. The van der Waals surface area contributed by atoms with Gasteiger partial charge in [0.25, 0.3) is 11.5 Å². The Morgan fingerprint density at radius 3 is 2.92 bits per heavy atom. The fourth-order valence-electron chi connectivity index (χ4n) is 3.02. The molecule has 0 aromatic carbocycles. The Bertz CT molecular complexity index is 830. The molecule has 1 aliphatic heterocycles. The van der Waals surface area contributed by atoms with Crippen LogP contribution in [0, 0.1) is 13.8 Å². The van der Waals surface area contributed by atoms with Crippen LogP contribution in [0.2, 0.25) is 0 Å². The molecular formula is C17H21N5O2. The van der Waals surface area contributed by atoms with E-state index in [1.54, 1.807) is 30.4 Å². The molecule has 2 N–H and O–H groups in total. The van der Waals surface area contributed by atoms with Crippen LogP contribution in [0.5, 0.6) is 0 Å². The lowest BCUT2D eigenvalue weighted by molar-refractivity contribution is 0.0731. The highest BCUT2D eigenvalue weighted by Crippen LogP contribution is 2.31. The number of amides is 1. The maximum Gasteiger partial charge on any atom is 0.261 e. The van der Waals surface area contributed by atoms with Crippen LogP contribution >= 0.6 is 0 Å². The first-order valence-electron chi connectivity index (χ1n) is 8.02. The summed E-state index contributed by atoms with van der Waals surface area (Å²) in [5, 5.41) is 2.96. The first kappa shape index (κ1) is 16.2. The Kier molecular flexibility index (Phi) is 4.33. The predicted molar refractivity (Wildman–Crippen MR) is 91.1 cm³/mol. The van der Waals surface area contributed by atoms with Crippen molar-refractivity contribution in [1.29, 1.82) is 0 Å². The second kappa shape index (κ2) is 6.43. The molecule has 1 atom stereocenters. The summed E-state index contributed by atoms with van der Waals surface area (Å²) >= 11 is 0. The highest BCUT2D eigenvalue weighted by molar-refractivity contribution is 5.94. The molecule has 1 amide bonds. The number of hydrogen-bond donors (Lipinski definition) is 2. The van der Waals surface area contributed by atoms with E-state index in [0.717, 1.165) is 29.8 Å². The minimum absolute atomic E-state index is 0.153. The van der Waals surface area contributed by atoms with Crippen molar-refractivity contribution in [3.8, 4) is 0 Å². The number of aromatic amines is 1. The molecule has 3 rings (SSSR count). The van der Waals surface area contributed by atoms with E-state index in [-0.39, 0.29) is 23.1 Å². The van der Waals surface area contributed by atoms with Gasteiger partial charge in [-0.25, -0.2) is 4.98 Å². The molecule has 0 radical (unpaired) electrons. The number of anilines is 1. The SMILES string of the molecule is CNc1cncc(C2CCCN2C(=O)c2cc(C)c(C)[nH]c2=O)n1. The van der Waals surface area contributed by atoms with Gasteiger partial charge in [0.15, 0.2) is 0 Å². The van der Waals surface area contributed by atoms with E-state index < -0.39 is 0 Å². The van der Waals surface area contributed by atoms with Gasteiger partial charge in [0, 0.05) is 19.3 Å². The summed E-state index contributed by atoms with van der Waals surface area (Å²) in [5.74, 6) is 0.411. The number of aromatic nitrogens is 3. The molecule has 7 heteroatoms. The first-order valence-corrected chi connectivity index (χ1v) is 8.02. The quantitative estimate of drug-likeness (QED) is 0.897. The van der Waals surface area contributed by atoms with Crippen LogP contribution in [0.15, 0.2) is 23.3 Å².